The minimum Gasteiger partial charge on any atom is -0.472 e. The summed E-state index contributed by atoms with van der Waals surface area (Å²) in [6.45, 7) is 3.16. The molecular formula is C13H15N5O2. The summed E-state index contributed by atoms with van der Waals surface area (Å²) < 4.78 is 5.78. The Labute approximate surface area is 116 Å². The summed E-state index contributed by atoms with van der Waals surface area (Å²) in [7, 11) is 0. The molecule has 2 aromatic heterocycles. The first-order chi connectivity index (χ1) is 9.72. The van der Waals surface area contributed by atoms with Crippen LogP contribution in [0, 0.1) is 6.92 Å². The summed E-state index contributed by atoms with van der Waals surface area (Å²) >= 11 is 0. The van der Waals surface area contributed by atoms with E-state index in [0.717, 1.165) is 12.0 Å². The Morgan fingerprint density at radius 1 is 1.45 bits per heavy atom. The van der Waals surface area contributed by atoms with E-state index < -0.39 is 0 Å². The Bertz CT molecular complexity index is 581. The van der Waals surface area contributed by atoms with Crippen LogP contribution < -0.4 is 4.74 Å². The normalized spacial score (nSPS) is 18.2. The third-order valence-electron chi connectivity index (χ3n) is 3.22. The van der Waals surface area contributed by atoms with Crippen molar-refractivity contribution < 1.29 is 9.53 Å². The Hall–Kier alpha value is -2.44. The molecule has 1 fully saturated rings. The van der Waals surface area contributed by atoms with E-state index in [2.05, 4.69) is 20.2 Å². The molecular weight excluding hydrogens is 258 g/mol. The Kier molecular flexibility index (Phi) is 3.32. The van der Waals surface area contributed by atoms with Gasteiger partial charge < -0.3 is 9.64 Å². The molecule has 0 saturated carbocycles. The summed E-state index contributed by atoms with van der Waals surface area (Å²) in [5.41, 5.74) is 1.09. The van der Waals surface area contributed by atoms with E-state index in [-0.39, 0.29) is 17.8 Å². The third kappa shape index (κ3) is 2.61. The fourth-order valence-corrected chi connectivity index (χ4v) is 2.16. The third-order valence-corrected chi connectivity index (χ3v) is 3.22. The molecule has 1 aliphatic heterocycles. The lowest BCUT2D eigenvalue weighted by atomic mass is 10.3. The second-order valence-corrected chi connectivity index (χ2v) is 4.79. The lowest BCUT2D eigenvalue weighted by molar-refractivity contribution is 0.0759. The van der Waals surface area contributed by atoms with Crippen molar-refractivity contribution in [2.24, 2.45) is 0 Å². The highest BCUT2D eigenvalue weighted by Gasteiger charge is 2.29. The molecule has 1 unspecified atom stereocenters. The number of pyridine rings is 1. The van der Waals surface area contributed by atoms with Gasteiger partial charge in [-0.05, 0) is 12.5 Å². The second kappa shape index (κ2) is 5.28. The highest BCUT2D eigenvalue weighted by Crippen LogP contribution is 2.17. The van der Waals surface area contributed by atoms with Crippen LogP contribution in [0.2, 0.25) is 0 Å². The average molecular weight is 273 g/mol. The van der Waals surface area contributed by atoms with Crippen LogP contribution in [0.15, 0.2) is 24.7 Å². The van der Waals surface area contributed by atoms with E-state index in [4.69, 9.17) is 4.74 Å². The number of rotatable bonds is 3. The van der Waals surface area contributed by atoms with E-state index >= 15 is 0 Å². The summed E-state index contributed by atoms with van der Waals surface area (Å²) in [5, 5.41) is 6.26. The van der Waals surface area contributed by atoms with Crippen molar-refractivity contribution in [3.8, 4) is 5.88 Å². The number of aryl methyl sites for hydroxylation is 1. The molecule has 0 aromatic carbocycles. The second-order valence-electron chi connectivity index (χ2n) is 4.79. The molecule has 7 heteroatoms. The first-order valence-electron chi connectivity index (χ1n) is 6.46. The number of aromatic nitrogens is 4. The molecule has 104 valence electrons. The van der Waals surface area contributed by atoms with Crippen LogP contribution in [0.25, 0.3) is 0 Å². The molecule has 0 radical (unpaired) electrons. The molecule has 0 aliphatic carbocycles. The van der Waals surface area contributed by atoms with Crippen LogP contribution in [0.4, 0.5) is 0 Å². The molecule has 7 nitrogen and oxygen atoms in total. The first-order valence-corrected chi connectivity index (χ1v) is 6.46. The van der Waals surface area contributed by atoms with Crippen LogP contribution in [0.3, 0.4) is 0 Å². The number of carbonyl (C=O) groups excluding carboxylic acids is 1. The van der Waals surface area contributed by atoms with Crippen molar-refractivity contribution in [2.75, 3.05) is 13.1 Å². The van der Waals surface area contributed by atoms with E-state index in [9.17, 15) is 4.79 Å². The predicted octanol–water partition coefficient (Wildman–Crippen LogP) is 0.802. The maximum atomic E-state index is 12.1. The number of hydrogen-bond acceptors (Lipinski definition) is 5. The highest BCUT2D eigenvalue weighted by atomic mass is 16.5. The first kappa shape index (κ1) is 12.6. The summed E-state index contributed by atoms with van der Waals surface area (Å²) in [5.74, 6) is 0.708. The monoisotopic (exact) mass is 273 g/mol. The topological polar surface area (TPSA) is 84.0 Å². The van der Waals surface area contributed by atoms with Crippen LogP contribution in [0.1, 0.15) is 22.6 Å². The summed E-state index contributed by atoms with van der Waals surface area (Å²) in [6, 6.07) is 3.80. The van der Waals surface area contributed by atoms with Crippen molar-refractivity contribution >= 4 is 5.91 Å². The van der Waals surface area contributed by atoms with Gasteiger partial charge in [0.05, 0.1) is 6.54 Å². The number of aromatic amines is 1. The standard InChI is InChI=1S/C13H15N5O2/c1-9-2-3-11(14-6-9)20-10-4-5-18(7-10)13(19)12-15-8-16-17-12/h2-3,6,8,10H,4-5,7H2,1H3,(H,15,16,17). The average Bonchev–Trinajstić information content (AvgIpc) is 3.12. The van der Waals surface area contributed by atoms with Gasteiger partial charge in [-0.3, -0.25) is 9.89 Å². The molecule has 1 amide bonds. The van der Waals surface area contributed by atoms with E-state index in [1.54, 1.807) is 11.1 Å². The lowest BCUT2D eigenvalue weighted by Crippen LogP contribution is -2.31. The van der Waals surface area contributed by atoms with Gasteiger partial charge in [0.15, 0.2) is 0 Å². The largest absolute Gasteiger partial charge is 0.472 e. The van der Waals surface area contributed by atoms with E-state index in [1.807, 2.05) is 19.1 Å². The number of carbonyl (C=O) groups is 1. The predicted molar refractivity (Wildman–Crippen MR) is 70.3 cm³/mol. The molecule has 0 bridgehead atoms. The van der Waals surface area contributed by atoms with Gasteiger partial charge >= 0.3 is 0 Å². The Balaban J connectivity index is 1.59. The minimum atomic E-state index is -0.148. The van der Waals surface area contributed by atoms with Gasteiger partial charge in [0.1, 0.15) is 12.4 Å². The van der Waals surface area contributed by atoms with Gasteiger partial charge in [0.2, 0.25) is 11.7 Å². The van der Waals surface area contributed by atoms with Gasteiger partial charge in [-0.15, -0.1) is 0 Å². The van der Waals surface area contributed by atoms with Crippen LogP contribution in [-0.2, 0) is 0 Å². The summed E-state index contributed by atoms with van der Waals surface area (Å²) in [4.78, 5) is 21.9. The highest BCUT2D eigenvalue weighted by molar-refractivity contribution is 5.90. The van der Waals surface area contributed by atoms with Crippen molar-refractivity contribution in [2.45, 2.75) is 19.4 Å². The van der Waals surface area contributed by atoms with Crippen molar-refractivity contribution in [1.29, 1.82) is 0 Å². The number of H-pyrrole nitrogens is 1. The number of nitrogens with one attached hydrogen (secondary N) is 1. The van der Waals surface area contributed by atoms with Crippen LogP contribution in [0.5, 0.6) is 5.88 Å². The molecule has 1 saturated heterocycles. The van der Waals surface area contributed by atoms with Gasteiger partial charge in [0, 0.05) is 25.2 Å². The molecule has 0 spiro atoms. The number of amides is 1. The van der Waals surface area contributed by atoms with E-state index in [0.29, 0.717) is 19.0 Å². The van der Waals surface area contributed by atoms with Crippen molar-refractivity contribution in [3.05, 3.63) is 36.0 Å². The van der Waals surface area contributed by atoms with E-state index in [1.165, 1.54) is 6.33 Å². The molecule has 1 atom stereocenters. The van der Waals surface area contributed by atoms with Crippen molar-refractivity contribution in [1.82, 2.24) is 25.1 Å². The number of hydrogen-bond donors (Lipinski definition) is 1. The van der Waals surface area contributed by atoms with Gasteiger partial charge in [0.25, 0.3) is 5.91 Å². The molecule has 1 aliphatic rings. The van der Waals surface area contributed by atoms with Crippen molar-refractivity contribution in [3.63, 3.8) is 0 Å². The fourth-order valence-electron chi connectivity index (χ4n) is 2.16. The molecule has 1 N–H and O–H groups in total. The van der Waals surface area contributed by atoms with Crippen LogP contribution in [-0.4, -0.2) is 50.2 Å². The minimum absolute atomic E-state index is 0.0305. The number of nitrogens with zero attached hydrogens (tertiary/aromatic N) is 4. The van der Waals surface area contributed by atoms with Crippen LogP contribution >= 0.6 is 0 Å². The maximum Gasteiger partial charge on any atom is 0.291 e. The van der Waals surface area contributed by atoms with Gasteiger partial charge in [-0.25, -0.2) is 9.97 Å². The molecule has 3 rings (SSSR count). The molecule has 2 aromatic rings. The SMILES string of the molecule is Cc1ccc(OC2CCN(C(=O)c3ncn[nH]3)C2)nc1. The Morgan fingerprint density at radius 2 is 2.35 bits per heavy atom. The van der Waals surface area contributed by atoms with Gasteiger partial charge in [-0.2, -0.15) is 5.10 Å². The zero-order chi connectivity index (χ0) is 13.9. The quantitative estimate of drug-likeness (QED) is 0.894. The zero-order valence-electron chi connectivity index (χ0n) is 11.1. The Morgan fingerprint density at radius 3 is 3.05 bits per heavy atom. The maximum absolute atomic E-state index is 12.1. The van der Waals surface area contributed by atoms with Gasteiger partial charge in [-0.1, -0.05) is 6.07 Å². The molecule has 3 heterocycles. The summed E-state index contributed by atoms with van der Waals surface area (Å²) in [6.07, 6.45) is 3.85. The number of ether oxygens (including phenoxy) is 1. The fraction of sp³-hybridized carbons (Fsp3) is 0.385. The smallest absolute Gasteiger partial charge is 0.291 e. The lowest BCUT2D eigenvalue weighted by Gasteiger charge is -2.15. The number of likely N-dealkylation sites (tertiary alicyclic amines) is 1. The molecule has 20 heavy (non-hydrogen) atoms. The zero-order valence-corrected chi connectivity index (χ0v) is 11.1.